The lowest BCUT2D eigenvalue weighted by molar-refractivity contribution is 0.141. The van der Waals surface area contributed by atoms with Gasteiger partial charge in [-0.25, -0.2) is 24.9 Å². The number of hydrogen-bond acceptors (Lipinski definition) is 11. The smallest absolute Gasteiger partial charge is 0.160 e. The van der Waals surface area contributed by atoms with Crippen LogP contribution in [0.3, 0.4) is 0 Å². The summed E-state index contributed by atoms with van der Waals surface area (Å²) in [4.78, 5) is 30.9. The van der Waals surface area contributed by atoms with Gasteiger partial charge in [0, 0.05) is 61.8 Å². The molecule has 3 aromatic heterocycles. The molecule has 13 heteroatoms. The van der Waals surface area contributed by atoms with E-state index in [1.165, 1.54) is 50.8 Å². The van der Waals surface area contributed by atoms with E-state index in [1.54, 1.807) is 13.0 Å². The average Bonchev–Trinajstić information content (AvgIpc) is 3.77. The molecule has 340 valence electrons. The number of likely N-dealkylation sites (tertiary alicyclic amines) is 1. The van der Waals surface area contributed by atoms with Gasteiger partial charge in [-0.3, -0.25) is 5.10 Å². The molecule has 6 aromatic rings. The van der Waals surface area contributed by atoms with Crippen LogP contribution in [0.25, 0.3) is 24.3 Å². The quantitative estimate of drug-likeness (QED) is 0.0683. The summed E-state index contributed by atoms with van der Waals surface area (Å²) in [5.41, 5.74) is 17.0. The van der Waals surface area contributed by atoms with Crippen LogP contribution in [0, 0.1) is 6.92 Å². The molecule has 9 rings (SSSR count). The van der Waals surface area contributed by atoms with E-state index in [9.17, 15) is 0 Å². The van der Waals surface area contributed by atoms with Crippen LogP contribution in [0.4, 0.5) is 29.1 Å². The Kier molecular flexibility index (Phi) is 15.6. The summed E-state index contributed by atoms with van der Waals surface area (Å²) in [5, 5.41) is 10.6. The minimum atomic E-state index is 0.320. The number of piperidine rings is 3. The third-order valence-corrected chi connectivity index (χ3v) is 12.3. The van der Waals surface area contributed by atoms with Crippen molar-refractivity contribution in [2.45, 2.75) is 70.8 Å². The van der Waals surface area contributed by atoms with Gasteiger partial charge in [-0.05, 0) is 106 Å². The number of aromatic amines is 1. The number of benzene rings is 3. The Bertz CT molecular complexity index is 2560. The van der Waals surface area contributed by atoms with Crippen LogP contribution in [-0.2, 0) is 0 Å². The van der Waals surface area contributed by atoms with Crippen LogP contribution >= 0.6 is 0 Å². The Morgan fingerprint density at radius 1 is 0.636 bits per heavy atom. The summed E-state index contributed by atoms with van der Waals surface area (Å²) in [7, 11) is 0. The molecule has 3 aromatic carbocycles. The van der Waals surface area contributed by atoms with Crippen molar-refractivity contribution in [3.8, 4) is 0 Å². The van der Waals surface area contributed by atoms with Crippen LogP contribution in [-0.4, -0.2) is 86.2 Å². The second-order valence-electron chi connectivity index (χ2n) is 17.4. The molecule has 6 heterocycles. The Hall–Kier alpha value is -7.12. The summed E-state index contributed by atoms with van der Waals surface area (Å²) in [6, 6.07) is 37.7. The molecule has 66 heavy (non-hydrogen) atoms. The zero-order chi connectivity index (χ0) is 45.5. The number of allylic oxidation sites excluding steroid dienone is 1. The average molecular weight is 882 g/mol. The van der Waals surface area contributed by atoms with E-state index in [4.69, 9.17) is 26.4 Å². The fourth-order valence-electron chi connectivity index (χ4n) is 8.88. The molecule has 0 amide bonds. The number of aryl methyl sites for hydroxylation is 1. The summed E-state index contributed by atoms with van der Waals surface area (Å²) in [6.45, 7) is 10.2. The normalized spacial score (nSPS) is 17.0. The van der Waals surface area contributed by atoms with Crippen molar-refractivity contribution in [3.05, 3.63) is 155 Å². The van der Waals surface area contributed by atoms with E-state index in [0.29, 0.717) is 41.0 Å². The maximum Gasteiger partial charge on any atom is 0.160 e. The van der Waals surface area contributed by atoms with Crippen molar-refractivity contribution in [2.75, 3.05) is 54.4 Å². The van der Waals surface area contributed by atoms with Gasteiger partial charge in [0.25, 0.3) is 0 Å². The number of amidine groups is 1. The SMILES string of the molecule is C/C(N)=C/C(N)=N\c1cc(N2CCC(c3ccccc3)CC2)nc(/C=C/c2ccccc2)n1.Cc1cc(Nc2cc(N3CCC(N4CCCCC4)CC3)nc(/C=C/c3ccccc3)n2)n[nH]1. The molecule has 3 saturated heterocycles. The summed E-state index contributed by atoms with van der Waals surface area (Å²) < 4.78 is 0. The molecule has 0 radical (unpaired) electrons. The monoisotopic (exact) mass is 882 g/mol. The lowest BCUT2D eigenvalue weighted by Gasteiger charge is -2.40. The minimum Gasteiger partial charge on any atom is -0.402 e. The fourth-order valence-corrected chi connectivity index (χ4v) is 8.88. The number of nitrogens with zero attached hydrogens (tertiary/aromatic N) is 9. The van der Waals surface area contributed by atoms with Gasteiger partial charge in [-0.1, -0.05) is 110 Å². The lowest BCUT2D eigenvalue weighted by Crippen LogP contribution is -2.47. The van der Waals surface area contributed by atoms with Crippen LogP contribution < -0.4 is 26.6 Å². The second kappa shape index (κ2) is 22.7. The molecule has 3 aliphatic rings. The summed E-state index contributed by atoms with van der Waals surface area (Å²) in [6.07, 6.45) is 18.2. The Labute approximate surface area is 389 Å². The third-order valence-electron chi connectivity index (χ3n) is 12.3. The highest BCUT2D eigenvalue weighted by Crippen LogP contribution is 2.31. The molecule has 13 nitrogen and oxygen atoms in total. The van der Waals surface area contributed by atoms with Crippen LogP contribution in [0.2, 0.25) is 0 Å². The van der Waals surface area contributed by atoms with Crippen molar-refractivity contribution in [3.63, 3.8) is 0 Å². The number of nitrogens with one attached hydrogen (secondary N) is 2. The van der Waals surface area contributed by atoms with Gasteiger partial charge < -0.3 is 31.5 Å². The summed E-state index contributed by atoms with van der Waals surface area (Å²) in [5.74, 6) is 6.08. The van der Waals surface area contributed by atoms with E-state index in [1.807, 2.05) is 91.9 Å². The molecule has 0 bridgehead atoms. The molecule has 0 aliphatic carbocycles. The van der Waals surface area contributed by atoms with Gasteiger partial charge >= 0.3 is 0 Å². The number of aliphatic imine (C=N–C) groups is 1. The first-order valence-electron chi connectivity index (χ1n) is 23.4. The predicted molar refractivity (Wildman–Crippen MR) is 272 cm³/mol. The number of rotatable bonds is 12. The Morgan fingerprint density at radius 2 is 1.20 bits per heavy atom. The van der Waals surface area contributed by atoms with Crippen molar-refractivity contribution >= 4 is 59.2 Å². The first-order valence-corrected chi connectivity index (χ1v) is 23.4. The van der Waals surface area contributed by atoms with E-state index < -0.39 is 0 Å². The minimum absolute atomic E-state index is 0.320. The highest BCUT2D eigenvalue weighted by atomic mass is 15.3. The topological polar surface area (TPSA) is 166 Å². The fraction of sp³-hybridized carbons (Fsp3) is 0.321. The number of aromatic nitrogens is 6. The Balaban J connectivity index is 0.000000179. The molecule has 0 atom stereocenters. The third kappa shape index (κ3) is 13.2. The first kappa shape index (κ1) is 45.4. The van der Waals surface area contributed by atoms with Crippen LogP contribution in [0.15, 0.2) is 126 Å². The van der Waals surface area contributed by atoms with Gasteiger partial charge in [0.1, 0.15) is 23.3 Å². The van der Waals surface area contributed by atoms with E-state index in [0.717, 1.165) is 79.1 Å². The second-order valence-corrected chi connectivity index (χ2v) is 17.4. The molecule has 0 spiro atoms. The highest BCUT2D eigenvalue weighted by Gasteiger charge is 2.27. The largest absolute Gasteiger partial charge is 0.402 e. The van der Waals surface area contributed by atoms with E-state index in [2.05, 4.69) is 88.7 Å². The van der Waals surface area contributed by atoms with Crippen LogP contribution in [0.1, 0.15) is 91.8 Å². The standard InChI is InChI=1S/C27H30N6.C26H33N7/c1-20(28)18-24(29)30-26-19-27(32-25(31-26)13-12-21-8-4-2-5-9-21)33-16-14-23(15-17-33)22-10-6-3-7-11-22;1-20-18-25(31-30-20)28-24-19-26(29-23(27-24)11-10-21-8-4-2-5-9-21)33-16-12-22(13-17-33)32-14-6-3-7-15-32/h2-13,18-19,23H,14-17,28H2,1H3,(H2,29,30,31,32);2,4-5,8-11,18-19,22H,3,6-7,12-17H2,1H3,(H2,27,28,29,30,31)/b13-12+,20-18-;11-10+. The Morgan fingerprint density at radius 3 is 1.77 bits per heavy atom. The van der Waals surface area contributed by atoms with Gasteiger partial charge in [0.05, 0.1) is 0 Å². The van der Waals surface area contributed by atoms with Crippen LogP contribution in [0.5, 0.6) is 0 Å². The molecule has 0 unspecified atom stereocenters. The van der Waals surface area contributed by atoms with E-state index >= 15 is 0 Å². The van der Waals surface area contributed by atoms with Gasteiger partial charge in [0.2, 0.25) is 0 Å². The zero-order valence-electron chi connectivity index (χ0n) is 38.3. The number of H-pyrrole nitrogens is 1. The molecule has 6 N–H and O–H groups in total. The number of anilines is 4. The summed E-state index contributed by atoms with van der Waals surface area (Å²) >= 11 is 0. The maximum atomic E-state index is 6.03. The van der Waals surface area contributed by atoms with Crippen molar-refractivity contribution in [2.24, 2.45) is 16.5 Å². The van der Waals surface area contributed by atoms with Gasteiger partial charge in [0.15, 0.2) is 23.3 Å². The molecular weight excluding hydrogens is 819 g/mol. The van der Waals surface area contributed by atoms with Crippen molar-refractivity contribution in [1.82, 2.24) is 35.0 Å². The molecular formula is C53H63N13. The zero-order valence-corrected chi connectivity index (χ0v) is 38.3. The highest BCUT2D eigenvalue weighted by molar-refractivity contribution is 5.93. The maximum absolute atomic E-state index is 6.03. The van der Waals surface area contributed by atoms with Gasteiger partial charge in [-0.2, -0.15) is 5.10 Å². The lowest BCUT2D eigenvalue weighted by atomic mass is 9.89. The van der Waals surface area contributed by atoms with Gasteiger partial charge in [-0.15, -0.1) is 0 Å². The van der Waals surface area contributed by atoms with Crippen molar-refractivity contribution < 1.29 is 0 Å². The first-order chi connectivity index (χ1) is 32.3. The van der Waals surface area contributed by atoms with E-state index in [-0.39, 0.29) is 0 Å². The molecule has 3 fully saturated rings. The number of nitrogens with two attached hydrogens (primary N) is 2. The number of hydrogen-bond donors (Lipinski definition) is 4. The predicted octanol–water partition coefficient (Wildman–Crippen LogP) is 9.76. The molecule has 3 aliphatic heterocycles. The van der Waals surface area contributed by atoms with Crippen molar-refractivity contribution in [1.29, 1.82) is 0 Å². The molecule has 0 saturated carbocycles.